The normalized spacial score (nSPS) is 23.6. The molecule has 0 aliphatic carbocycles. The summed E-state index contributed by atoms with van der Waals surface area (Å²) in [6.07, 6.45) is 2.36. The molecule has 0 N–H and O–H groups in total. The maximum Gasteiger partial charge on any atom is 0.266 e. The maximum absolute atomic E-state index is 13.3. The lowest BCUT2D eigenvalue weighted by Crippen LogP contribution is -2.37. The molecule has 1 aromatic heterocycles. The van der Waals surface area contributed by atoms with Crippen LogP contribution in [0.4, 0.5) is 15.8 Å². The zero-order valence-electron chi connectivity index (χ0n) is 15.2. The molecular weight excluding hydrogens is 373 g/mol. The highest BCUT2D eigenvalue weighted by Crippen LogP contribution is 2.47. The molecule has 29 heavy (non-hydrogen) atoms. The van der Waals surface area contributed by atoms with E-state index in [0.29, 0.717) is 5.69 Å². The minimum atomic E-state index is -0.960. The van der Waals surface area contributed by atoms with E-state index in [-0.39, 0.29) is 5.91 Å². The first-order chi connectivity index (χ1) is 14.1. The van der Waals surface area contributed by atoms with Crippen molar-refractivity contribution in [3.8, 4) is 0 Å². The van der Waals surface area contributed by atoms with Crippen LogP contribution < -0.4 is 9.96 Å². The number of anilines is 2. The van der Waals surface area contributed by atoms with Gasteiger partial charge in [0, 0.05) is 12.4 Å². The van der Waals surface area contributed by atoms with E-state index in [1.54, 1.807) is 23.5 Å². The summed E-state index contributed by atoms with van der Waals surface area (Å²) in [6, 6.07) is 17.7. The Balaban J connectivity index is 1.58. The fourth-order valence-corrected chi connectivity index (χ4v) is 3.95. The fourth-order valence-electron chi connectivity index (χ4n) is 3.95. The monoisotopic (exact) mass is 389 g/mol. The van der Waals surface area contributed by atoms with E-state index in [2.05, 4.69) is 4.98 Å². The first kappa shape index (κ1) is 17.5. The SMILES string of the molecule is O=C1[C@H]2[C@@H](c3cccnc3)N(c3ccccc3)O[C@H]2C(=O)N1c1ccc(F)cc1. The van der Waals surface area contributed by atoms with Crippen LogP contribution in [0.2, 0.25) is 0 Å². The molecular formula is C22H16FN3O3. The minimum absolute atomic E-state index is 0.329. The van der Waals surface area contributed by atoms with Crippen molar-refractivity contribution >= 4 is 23.2 Å². The third-order valence-corrected chi connectivity index (χ3v) is 5.24. The Hall–Kier alpha value is -3.58. The van der Waals surface area contributed by atoms with Crippen molar-refractivity contribution in [2.75, 3.05) is 9.96 Å². The highest BCUT2D eigenvalue weighted by atomic mass is 19.1. The van der Waals surface area contributed by atoms with Gasteiger partial charge in [-0.1, -0.05) is 24.3 Å². The van der Waals surface area contributed by atoms with Crippen molar-refractivity contribution in [3.63, 3.8) is 0 Å². The van der Waals surface area contributed by atoms with E-state index in [1.807, 2.05) is 36.4 Å². The van der Waals surface area contributed by atoms with Crippen LogP contribution in [-0.4, -0.2) is 22.9 Å². The van der Waals surface area contributed by atoms with Gasteiger partial charge < -0.3 is 0 Å². The number of nitrogens with zero attached hydrogens (tertiary/aromatic N) is 3. The Morgan fingerprint density at radius 1 is 0.862 bits per heavy atom. The topological polar surface area (TPSA) is 62.7 Å². The Bertz CT molecular complexity index is 1060. The molecule has 2 fully saturated rings. The lowest BCUT2D eigenvalue weighted by atomic mass is 9.91. The standard InChI is InChI=1S/C22H16FN3O3/c23-15-8-10-16(11-9-15)25-21(27)18-19(14-5-4-12-24-13-14)26(29-20(18)22(25)28)17-6-2-1-3-7-17/h1-13,18-20H/t18-,19+,20+/m0/s1. The van der Waals surface area contributed by atoms with Crippen LogP contribution in [0.1, 0.15) is 11.6 Å². The third-order valence-electron chi connectivity index (χ3n) is 5.24. The Morgan fingerprint density at radius 2 is 1.62 bits per heavy atom. The summed E-state index contributed by atoms with van der Waals surface area (Å²) in [5, 5.41) is 1.62. The predicted octanol–water partition coefficient (Wildman–Crippen LogP) is 3.27. The summed E-state index contributed by atoms with van der Waals surface area (Å²) in [5.74, 6) is -2.01. The van der Waals surface area contributed by atoms with Crippen LogP contribution in [0.25, 0.3) is 0 Å². The molecule has 2 amide bonds. The van der Waals surface area contributed by atoms with E-state index < -0.39 is 29.8 Å². The average Bonchev–Trinajstić information content (AvgIpc) is 3.27. The summed E-state index contributed by atoms with van der Waals surface area (Å²) in [7, 11) is 0. The number of carbonyl (C=O) groups is 2. The summed E-state index contributed by atoms with van der Waals surface area (Å²) in [4.78, 5) is 37.7. The highest BCUT2D eigenvalue weighted by molar-refractivity contribution is 6.23. The number of carbonyl (C=O) groups excluding carboxylic acids is 2. The number of hydrogen-bond acceptors (Lipinski definition) is 5. The molecule has 6 nitrogen and oxygen atoms in total. The van der Waals surface area contributed by atoms with Crippen molar-refractivity contribution < 1.29 is 18.8 Å². The Morgan fingerprint density at radius 3 is 2.31 bits per heavy atom. The van der Waals surface area contributed by atoms with E-state index in [1.165, 1.54) is 24.3 Å². The third kappa shape index (κ3) is 2.78. The van der Waals surface area contributed by atoms with Crippen LogP contribution in [0.15, 0.2) is 79.1 Å². The molecule has 2 aliphatic heterocycles. The number of amides is 2. The number of hydrogen-bond donors (Lipinski definition) is 0. The molecule has 0 unspecified atom stereocenters. The van der Waals surface area contributed by atoms with E-state index in [4.69, 9.17) is 4.84 Å². The van der Waals surface area contributed by atoms with Gasteiger partial charge in [0.2, 0.25) is 5.91 Å². The van der Waals surface area contributed by atoms with Crippen molar-refractivity contribution in [1.82, 2.24) is 4.98 Å². The van der Waals surface area contributed by atoms with Crippen LogP contribution in [-0.2, 0) is 14.4 Å². The molecule has 0 radical (unpaired) electrons. The number of hydroxylamine groups is 1. The molecule has 0 spiro atoms. The van der Waals surface area contributed by atoms with Crippen LogP contribution in [0, 0.1) is 11.7 Å². The zero-order chi connectivity index (χ0) is 20.0. The molecule has 5 rings (SSSR count). The molecule has 0 saturated carbocycles. The number of imide groups is 1. The number of para-hydroxylation sites is 1. The Kier molecular flexibility index (Phi) is 4.10. The zero-order valence-corrected chi connectivity index (χ0v) is 15.2. The van der Waals surface area contributed by atoms with Gasteiger partial charge in [-0.2, -0.15) is 0 Å². The van der Waals surface area contributed by atoms with Gasteiger partial charge in [0.1, 0.15) is 11.7 Å². The second kappa shape index (κ2) is 6.79. The predicted molar refractivity (Wildman–Crippen MR) is 103 cm³/mol. The maximum atomic E-state index is 13.3. The van der Waals surface area contributed by atoms with Gasteiger partial charge >= 0.3 is 0 Å². The van der Waals surface area contributed by atoms with Gasteiger partial charge in [0.15, 0.2) is 6.10 Å². The second-order valence-corrected chi connectivity index (χ2v) is 6.93. The quantitative estimate of drug-likeness (QED) is 0.644. The van der Waals surface area contributed by atoms with Crippen LogP contribution >= 0.6 is 0 Å². The van der Waals surface area contributed by atoms with Crippen LogP contribution in [0.5, 0.6) is 0 Å². The van der Waals surface area contributed by atoms with Crippen molar-refractivity contribution in [2.24, 2.45) is 5.92 Å². The molecule has 144 valence electrons. The van der Waals surface area contributed by atoms with E-state index in [0.717, 1.165) is 16.2 Å². The van der Waals surface area contributed by atoms with Gasteiger partial charge in [-0.15, -0.1) is 0 Å². The summed E-state index contributed by atoms with van der Waals surface area (Å²) in [6.45, 7) is 0. The van der Waals surface area contributed by atoms with Crippen molar-refractivity contribution in [3.05, 3.63) is 90.5 Å². The molecule has 2 aliphatic rings. The number of rotatable bonds is 3. The molecule has 3 aromatic rings. The smallest absolute Gasteiger partial charge is 0.266 e. The fraction of sp³-hybridized carbons (Fsp3) is 0.136. The number of aromatic nitrogens is 1. The molecule has 7 heteroatoms. The summed E-state index contributed by atoms with van der Waals surface area (Å²) in [5.41, 5.74) is 1.84. The van der Waals surface area contributed by atoms with Crippen molar-refractivity contribution in [2.45, 2.75) is 12.1 Å². The van der Waals surface area contributed by atoms with Crippen molar-refractivity contribution in [1.29, 1.82) is 0 Å². The van der Waals surface area contributed by atoms with Gasteiger partial charge in [-0.25, -0.2) is 14.4 Å². The van der Waals surface area contributed by atoms with E-state index in [9.17, 15) is 14.0 Å². The number of pyridine rings is 1. The summed E-state index contributed by atoms with van der Waals surface area (Å²) >= 11 is 0. The van der Waals surface area contributed by atoms with Gasteiger partial charge in [0.25, 0.3) is 5.91 Å². The lowest BCUT2D eigenvalue weighted by Gasteiger charge is -2.28. The minimum Gasteiger partial charge on any atom is -0.273 e. The van der Waals surface area contributed by atoms with Gasteiger partial charge in [-0.05, 0) is 48.0 Å². The molecule has 0 bridgehead atoms. The number of halogens is 1. The number of benzene rings is 2. The highest BCUT2D eigenvalue weighted by Gasteiger charge is 2.60. The molecule has 3 heterocycles. The average molecular weight is 389 g/mol. The Labute approximate surface area is 166 Å². The lowest BCUT2D eigenvalue weighted by molar-refractivity contribution is -0.126. The van der Waals surface area contributed by atoms with E-state index >= 15 is 0 Å². The largest absolute Gasteiger partial charge is 0.273 e. The number of fused-ring (bicyclic) bond motifs is 1. The summed E-state index contributed by atoms with van der Waals surface area (Å²) < 4.78 is 13.3. The molecule has 3 atom stereocenters. The van der Waals surface area contributed by atoms with Crippen LogP contribution in [0.3, 0.4) is 0 Å². The van der Waals surface area contributed by atoms with Gasteiger partial charge in [-0.3, -0.25) is 19.4 Å². The first-order valence-corrected chi connectivity index (χ1v) is 9.19. The second-order valence-electron chi connectivity index (χ2n) is 6.93. The van der Waals surface area contributed by atoms with Gasteiger partial charge in [0.05, 0.1) is 17.4 Å². The first-order valence-electron chi connectivity index (χ1n) is 9.19. The molecule has 2 saturated heterocycles. The molecule has 2 aromatic carbocycles.